The van der Waals surface area contributed by atoms with E-state index >= 15 is 0 Å². The van der Waals surface area contributed by atoms with Gasteiger partial charge < -0.3 is 24.5 Å². The fourth-order valence-electron chi connectivity index (χ4n) is 4.80. The lowest BCUT2D eigenvalue weighted by Crippen LogP contribution is -2.34. The normalized spacial score (nSPS) is 13.4. The SMILES string of the molecule is CC(C)NC(=O)Nc1ccc(-c2c(C#N)c3cc(OCCCn4ccnc4)ccc3n2C2CCC2)cc1. The molecule has 1 fully saturated rings. The third-order valence-corrected chi connectivity index (χ3v) is 6.75. The Balaban J connectivity index is 1.42. The first-order valence-corrected chi connectivity index (χ1v) is 12.9. The Morgan fingerprint density at radius 2 is 2.03 bits per heavy atom. The van der Waals surface area contributed by atoms with Gasteiger partial charge in [-0.2, -0.15) is 5.26 Å². The van der Waals surface area contributed by atoms with Crippen molar-refractivity contribution in [2.75, 3.05) is 11.9 Å². The van der Waals surface area contributed by atoms with E-state index < -0.39 is 0 Å². The van der Waals surface area contributed by atoms with E-state index in [1.807, 2.05) is 61.0 Å². The molecule has 8 nitrogen and oxygen atoms in total. The zero-order valence-electron chi connectivity index (χ0n) is 21.3. The Hall–Kier alpha value is -4.25. The molecular weight excluding hydrogens is 464 g/mol. The maximum absolute atomic E-state index is 12.1. The second kappa shape index (κ2) is 10.8. The number of benzene rings is 2. The molecule has 2 amide bonds. The molecular formula is C29H32N6O2. The van der Waals surface area contributed by atoms with Gasteiger partial charge in [-0.05, 0) is 75.4 Å². The minimum absolute atomic E-state index is 0.0567. The number of anilines is 1. The van der Waals surface area contributed by atoms with Crippen LogP contribution in [0.5, 0.6) is 5.75 Å². The molecule has 8 heteroatoms. The molecule has 37 heavy (non-hydrogen) atoms. The predicted molar refractivity (Wildman–Crippen MR) is 145 cm³/mol. The monoisotopic (exact) mass is 496 g/mol. The molecule has 190 valence electrons. The lowest BCUT2D eigenvalue weighted by atomic mass is 9.92. The number of rotatable bonds is 9. The van der Waals surface area contributed by atoms with Crippen molar-refractivity contribution in [3.63, 3.8) is 0 Å². The minimum atomic E-state index is -0.235. The van der Waals surface area contributed by atoms with Crippen molar-refractivity contribution in [3.05, 3.63) is 66.7 Å². The van der Waals surface area contributed by atoms with Crippen molar-refractivity contribution in [3.8, 4) is 23.1 Å². The molecule has 2 aromatic heterocycles. The summed E-state index contributed by atoms with van der Waals surface area (Å²) < 4.78 is 10.4. The van der Waals surface area contributed by atoms with Gasteiger partial charge in [0.2, 0.25) is 0 Å². The van der Waals surface area contributed by atoms with Crippen LogP contribution in [0.1, 0.15) is 51.1 Å². The number of nitrogens with zero attached hydrogens (tertiary/aromatic N) is 4. The summed E-state index contributed by atoms with van der Waals surface area (Å²) >= 11 is 0. The molecule has 0 aliphatic heterocycles. The number of carbonyl (C=O) groups excluding carboxylic acids is 1. The summed E-state index contributed by atoms with van der Waals surface area (Å²) in [5.41, 5.74) is 4.30. The highest BCUT2D eigenvalue weighted by molar-refractivity contribution is 5.96. The molecule has 2 N–H and O–H groups in total. The Morgan fingerprint density at radius 1 is 1.22 bits per heavy atom. The predicted octanol–water partition coefficient (Wildman–Crippen LogP) is 6.10. The molecule has 4 aromatic rings. The van der Waals surface area contributed by atoms with Crippen LogP contribution >= 0.6 is 0 Å². The minimum Gasteiger partial charge on any atom is -0.494 e. The first kappa shape index (κ1) is 24.4. The number of hydrogen-bond donors (Lipinski definition) is 2. The average Bonchev–Trinajstić information content (AvgIpc) is 3.47. The van der Waals surface area contributed by atoms with E-state index in [-0.39, 0.29) is 12.1 Å². The van der Waals surface area contributed by atoms with Crippen molar-refractivity contribution in [1.29, 1.82) is 5.26 Å². The van der Waals surface area contributed by atoms with E-state index in [1.165, 1.54) is 6.42 Å². The number of imidazole rings is 1. The summed E-state index contributed by atoms with van der Waals surface area (Å²) in [7, 11) is 0. The number of fused-ring (bicyclic) bond motifs is 1. The number of amides is 2. The van der Waals surface area contributed by atoms with Crippen LogP contribution in [0.4, 0.5) is 10.5 Å². The number of aromatic nitrogens is 3. The summed E-state index contributed by atoms with van der Waals surface area (Å²) in [6.45, 7) is 5.27. The largest absolute Gasteiger partial charge is 0.494 e. The van der Waals surface area contributed by atoms with Gasteiger partial charge in [-0.25, -0.2) is 9.78 Å². The first-order chi connectivity index (χ1) is 18.0. The van der Waals surface area contributed by atoms with Gasteiger partial charge in [-0.1, -0.05) is 12.1 Å². The Morgan fingerprint density at radius 3 is 2.68 bits per heavy atom. The zero-order valence-corrected chi connectivity index (χ0v) is 21.3. The van der Waals surface area contributed by atoms with Crippen LogP contribution in [-0.4, -0.2) is 32.8 Å². The van der Waals surface area contributed by atoms with Gasteiger partial charge in [0, 0.05) is 42.1 Å². The second-order valence-electron chi connectivity index (χ2n) is 9.80. The maximum Gasteiger partial charge on any atom is 0.319 e. The molecule has 1 aliphatic carbocycles. The van der Waals surface area contributed by atoms with Gasteiger partial charge in [0.15, 0.2) is 0 Å². The Kier molecular flexibility index (Phi) is 7.13. The summed E-state index contributed by atoms with van der Waals surface area (Å²) in [6.07, 6.45) is 9.78. The molecule has 0 atom stereocenters. The molecule has 0 bridgehead atoms. The summed E-state index contributed by atoms with van der Waals surface area (Å²) in [6, 6.07) is 16.5. The van der Waals surface area contributed by atoms with E-state index in [4.69, 9.17) is 4.74 Å². The van der Waals surface area contributed by atoms with Crippen LogP contribution in [0.2, 0.25) is 0 Å². The number of hydrogen-bond acceptors (Lipinski definition) is 4. The number of carbonyl (C=O) groups is 1. The van der Waals surface area contributed by atoms with Gasteiger partial charge >= 0.3 is 6.03 Å². The van der Waals surface area contributed by atoms with Crippen LogP contribution in [0.25, 0.3) is 22.2 Å². The van der Waals surface area contributed by atoms with Crippen LogP contribution in [0.3, 0.4) is 0 Å². The van der Waals surface area contributed by atoms with Crippen molar-refractivity contribution in [2.24, 2.45) is 0 Å². The number of nitrogens with one attached hydrogen (secondary N) is 2. The molecule has 1 saturated carbocycles. The van der Waals surface area contributed by atoms with Crippen molar-refractivity contribution >= 4 is 22.6 Å². The Labute approximate surface area is 216 Å². The molecule has 5 rings (SSSR count). The topological polar surface area (TPSA) is 96.9 Å². The lowest BCUT2D eigenvalue weighted by Gasteiger charge is -2.30. The second-order valence-corrected chi connectivity index (χ2v) is 9.80. The molecule has 0 radical (unpaired) electrons. The molecule has 0 unspecified atom stereocenters. The van der Waals surface area contributed by atoms with Crippen molar-refractivity contribution in [1.82, 2.24) is 19.4 Å². The zero-order chi connectivity index (χ0) is 25.8. The first-order valence-electron chi connectivity index (χ1n) is 12.9. The lowest BCUT2D eigenvalue weighted by molar-refractivity contribution is 0.250. The molecule has 2 aromatic carbocycles. The van der Waals surface area contributed by atoms with Crippen LogP contribution in [-0.2, 0) is 6.54 Å². The summed E-state index contributed by atoms with van der Waals surface area (Å²) in [5, 5.41) is 16.9. The number of urea groups is 1. The molecule has 1 aliphatic rings. The smallest absolute Gasteiger partial charge is 0.319 e. The van der Waals surface area contributed by atoms with Gasteiger partial charge in [0.05, 0.1) is 29.7 Å². The molecule has 0 spiro atoms. The van der Waals surface area contributed by atoms with Crippen LogP contribution < -0.4 is 15.4 Å². The van der Waals surface area contributed by atoms with E-state index in [0.717, 1.165) is 53.7 Å². The van der Waals surface area contributed by atoms with E-state index in [0.29, 0.717) is 23.9 Å². The fourth-order valence-corrected chi connectivity index (χ4v) is 4.80. The highest BCUT2D eigenvalue weighted by atomic mass is 16.5. The van der Waals surface area contributed by atoms with Gasteiger partial charge in [-0.15, -0.1) is 0 Å². The maximum atomic E-state index is 12.1. The van der Waals surface area contributed by atoms with Gasteiger partial charge in [0.1, 0.15) is 11.8 Å². The van der Waals surface area contributed by atoms with E-state index in [9.17, 15) is 10.1 Å². The van der Waals surface area contributed by atoms with Crippen LogP contribution in [0, 0.1) is 11.3 Å². The molecule has 2 heterocycles. The van der Waals surface area contributed by atoms with E-state index in [1.54, 1.807) is 12.5 Å². The van der Waals surface area contributed by atoms with Crippen LogP contribution in [0.15, 0.2) is 61.2 Å². The number of nitriles is 1. The van der Waals surface area contributed by atoms with Crippen molar-refractivity contribution in [2.45, 2.75) is 58.2 Å². The third kappa shape index (κ3) is 5.31. The molecule has 0 saturated heterocycles. The van der Waals surface area contributed by atoms with E-state index in [2.05, 4.69) is 32.3 Å². The summed E-state index contributed by atoms with van der Waals surface area (Å²) in [4.78, 5) is 16.2. The average molecular weight is 497 g/mol. The standard InChI is InChI=1S/C29H32N6O2/c1-20(2)32-29(36)33-22-9-7-21(8-10-22)28-26(18-30)25-17-24(37-16-4-14-34-15-13-31-19-34)11-12-27(25)35(28)23-5-3-6-23/h7-13,15,17,19-20,23H,3-6,14,16H2,1-2H3,(H2,32,33,36). The number of aryl methyl sites for hydroxylation is 1. The Bertz CT molecular complexity index is 1410. The summed E-state index contributed by atoms with van der Waals surface area (Å²) in [5.74, 6) is 0.766. The van der Waals surface area contributed by atoms with Gasteiger partial charge in [0.25, 0.3) is 0 Å². The van der Waals surface area contributed by atoms with Gasteiger partial charge in [-0.3, -0.25) is 0 Å². The number of ether oxygens (including phenoxy) is 1. The highest BCUT2D eigenvalue weighted by Gasteiger charge is 2.28. The third-order valence-electron chi connectivity index (χ3n) is 6.75. The fraction of sp³-hybridized carbons (Fsp3) is 0.345. The van der Waals surface area contributed by atoms with Crippen molar-refractivity contribution < 1.29 is 9.53 Å². The quantitative estimate of drug-likeness (QED) is 0.274. The highest BCUT2D eigenvalue weighted by Crippen LogP contribution is 2.43.